The van der Waals surface area contributed by atoms with Crippen molar-refractivity contribution < 1.29 is 18.7 Å². The lowest BCUT2D eigenvalue weighted by Gasteiger charge is -2.35. The fourth-order valence-corrected chi connectivity index (χ4v) is 3.75. The largest absolute Gasteiger partial charge is 0.492 e. The van der Waals surface area contributed by atoms with E-state index in [9.17, 15) is 14.0 Å². The molecule has 3 N–H and O–H groups in total. The van der Waals surface area contributed by atoms with Crippen molar-refractivity contribution in [3.05, 3.63) is 66.2 Å². The number of nitrogens with one attached hydrogen (secondary N) is 3. The standard InChI is InChI=1S/C25H28FN7O3/c1-3-36-21-8-6-18(26)15-20(21)30-24(34)29-19-7-9-22(28-16-19)32-11-13-33(14-12-32)25(35)31-23-17(2)5-4-10-27-23/h4-10,15-16H,3,11-14H2,1-2H3,(H,27,31,35)(H2,29,30,34). The van der Waals surface area contributed by atoms with Crippen LogP contribution in [-0.2, 0) is 0 Å². The maximum absolute atomic E-state index is 13.6. The van der Waals surface area contributed by atoms with Crippen LogP contribution in [0.4, 0.5) is 37.0 Å². The van der Waals surface area contributed by atoms with E-state index in [1.807, 2.05) is 19.1 Å². The number of piperazine rings is 1. The lowest BCUT2D eigenvalue weighted by atomic mass is 10.3. The monoisotopic (exact) mass is 493 g/mol. The van der Waals surface area contributed by atoms with Gasteiger partial charge in [-0.15, -0.1) is 0 Å². The van der Waals surface area contributed by atoms with Gasteiger partial charge in [0, 0.05) is 38.4 Å². The normalized spacial score (nSPS) is 13.2. The minimum Gasteiger partial charge on any atom is -0.492 e. The van der Waals surface area contributed by atoms with Crippen LogP contribution >= 0.6 is 0 Å². The molecule has 0 spiro atoms. The Labute approximate surface area is 208 Å². The third-order valence-corrected chi connectivity index (χ3v) is 5.62. The van der Waals surface area contributed by atoms with Crippen LogP contribution in [0.25, 0.3) is 0 Å². The molecule has 36 heavy (non-hydrogen) atoms. The molecule has 0 saturated carbocycles. The number of aryl methyl sites for hydroxylation is 1. The molecule has 4 rings (SSSR count). The first-order chi connectivity index (χ1) is 17.4. The molecule has 0 unspecified atom stereocenters. The lowest BCUT2D eigenvalue weighted by molar-refractivity contribution is 0.208. The van der Waals surface area contributed by atoms with Crippen LogP contribution in [0.5, 0.6) is 5.75 Å². The molecule has 1 fully saturated rings. The number of urea groups is 2. The number of pyridine rings is 2. The molecule has 1 aromatic carbocycles. The molecule has 2 aromatic heterocycles. The highest BCUT2D eigenvalue weighted by Crippen LogP contribution is 2.26. The number of halogens is 1. The molecule has 0 radical (unpaired) electrons. The number of carbonyl (C=O) groups is 2. The van der Waals surface area contributed by atoms with Gasteiger partial charge in [-0.25, -0.2) is 23.9 Å². The molecule has 1 saturated heterocycles. The quantitative estimate of drug-likeness (QED) is 0.472. The second kappa shape index (κ2) is 11.3. The Bertz CT molecular complexity index is 1210. The minimum absolute atomic E-state index is 0.180. The van der Waals surface area contributed by atoms with E-state index in [2.05, 4.69) is 30.8 Å². The summed E-state index contributed by atoms with van der Waals surface area (Å²) in [5.41, 5.74) is 1.62. The first-order valence-corrected chi connectivity index (χ1v) is 11.6. The van der Waals surface area contributed by atoms with Crippen molar-refractivity contribution >= 4 is 35.1 Å². The summed E-state index contributed by atoms with van der Waals surface area (Å²) < 4.78 is 19.0. The number of anilines is 4. The summed E-state index contributed by atoms with van der Waals surface area (Å²) in [7, 11) is 0. The summed E-state index contributed by atoms with van der Waals surface area (Å²) in [6, 6.07) is 10.5. The molecular formula is C25H28FN7O3. The highest BCUT2D eigenvalue weighted by atomic mass is 19.1. The van der Waals surface area contributed by atoms with Crippen molar-refractivity contribution in [2.24, 2.45) is 0 Å². The van der Waals surface area contributed by atoms with Crippen LogP contribution in [0.1, 0.15) is 12.5 Å². The topological polar surface area (TPSA) is 112 Å². The van der Waals surface area contributed by atoms with Gasteiger partial charge in [0.05, 0.1) is 24.2 Å². The number of carbonyl (C=O) groups excluding carboxylic acids is 2. The Morgan fingerprint density at radius 1 is 1.03 bits per heavy atom. The van der Waals surface area contributed by atoms with Crippen LogP contribution in [0.3, 0.4) is 0 Å². The average Bonchev–Trinajstić information content (AvgIpc) is 2.87. The van der Waals surface area contributed by atoms with E-state index < -0.39 is 11.8 Å². The Morgan fingerprint density at radius 2 is 1.83 bits per heavy atom. The molecule has 188 valence electrons. The maximum Gasteiger partial charge on any atom is 0.323 e. The first-order valence-electron chi connectivity index (χ1n) is 11.6. The molecule has 0 aliphatic carbocycles. The van der Waals surface area contributed by atoms with Gasteiger partial charge in [-0.3, -0.25) is 5.32 Å². The van der Waals surface area contributed by atoms with Crippen LogP contribution in [0.2, 0.25) is 0 Å². The smallest absolute Gasteiger partial charge is 0.323 e. The van der Waals surface area contributed by atoms with Gasteiger partial charge in [-0.2, -0.15) is 0 Å². The molecule has 0 atom stereocenters. The third-order valence-electron chi connectivity index (χ3n) is 5.62. The zero-order valence-corrected chi connectivity index (χ0v) is 20.1. The predicted octanol–water partition coefficient (Wildman–Crippen LogP) is 4.32. The van der Waals surface area contributed by atoms with Gasteiger partial charge in [-0.05, 0) is 49.7 Å². The van der Waals surface area contributed by atoms with Gasteiger partial charge in [0.1, 0.15) is 23.2 Å². The molecule has 3 aromatic rings. The molecule has 10 nitrogen and oxygen atoms in total. The average molecular weight is 494 g/mol. The summed E-state index contributed by atoms with van der Waals surface area (Å²) in [6.07, 6.45) is 3.20. The van der Waals surface area contributed by atoms with Gasteiger partial charge < -0.3 is 25.2 Å². The second-order valence-corrected chi connectivity index (χ2v) is 8.13. The molecule has 4 amide bonds. The lowest BCUT2D eigenvalue weighted by Crippen LogP contribution is -2.50. The molecule has 11 heteroatoms. The van der Waals surface area contributed by atoms with E-state index >= 15 is 0 Å². The van der Waals surface area contributed by atoms with E-state index in [0.29, 0.717) is 50.0 Å². The number of aromatic nitrogens is 2. The van der Waals surface area contributed by atoms with Gasteiger partial charge >= 0.3 is 12.1 Å². The molecular weight excluding hydrogens is 465 g/mol. The van der Waals surface area contributed by atoms with Crippen molar-refractivity contribution in [2.75, 3.05) is 53.6 Å². The fraction of sp³-hybridized carbons (Fsp3) is 0.280. The van der Waals surface area contributed by atoms with Gasteiger partial charge in [0.2, 0.25) is 0 Å². The first kappa shape index (κ1) is 24.7. The number of amides is 4. The van der Waals surface area contributed by atoms with E-state index in [0.717, 1.165) is 11.4 Å². The van der Waals surface area contributed by atoms with E-state index in [1.165, 1.54) is 18.2 Å². The number of benzene rings is 1. The minimum atomic E-state index is -0.543. The highest BCUT2D eigenvalue weighted by molar-refractivity contribution is 6.00. The number of hydrogen-bond donors (Lipinski definition) is 3. The van der Waals surface area contributed by atoms with Crippen LogP contribution in [0.15, 0.2) is 54.9 Å². The Hall–Kier alpha value is -4.41. The third kappa shape index (κ3) is 6.17. The Kier molecular flexibility index (Phi) is 7.79. The summed E-state index contributed by atoms with van der Waals surface area (Å²) in [5.74, 6) is 1.20. The van der Waals surface area contributed by atoms with Gasteiger partial charge in [0.15, 0.2) is 0 Å². The zero-order chi connectivity index (χ0) is 25.5. The number of hydrogen-bond acceptors (Lipinski definition) is 6. The zero-order valence-electron chi connectivity index (χ0n) is 20.1. The summed E-state index contributed by atoms with van der Waals surface area (Å²) in [5, 5.41) is 8.14. The van der Waals surface area contributed by atoms with Crippen molar-refractivity contribution in [1.82, 2.24) is 14.9 Å². The van der Waals surface area contributed by atoms with Crippen LogP contribution in [-0.4, -0.2) is 59.7 Å². The summed E-state index contributed by atoms with van der Waals surface area (Å²) in [4.78, 5) is 37.4. The van der Waals surface area contributed by atoms with Crippen molar-refractivity contribution in [2.45, 2.75) is 13.8 Å². The second-order valence-electron chi connectivity index (χ2n) is 8.13. The molecule has 1 aliphatic heterocycles. The van der Waals surface area contributed by atoms with Gasteiger partial charge in [0.25, 0.3) is 0 Å². The number of nitrogens with zero attached hydrogens (tertiary/aromatic N) is 4. The summed E-state index contributed by atoms with van der Waals surface area (Å²) in [6.45, 7) is 6.40. The van der Waals surface area contributed by atoms with Gasteiger partial charge in [-0.1, -0.05) is 6.07 Å². The summed E-state index contributed by atoms with van der Waals surface area (Å²) >= 11 is 0. The molecule has 3 heterocycles. The Morgan fingerprint density at radius 3 is 2.53 bits per heavy atom. The van der Waals surface area contributed by atoms with Crippen molar-refractivity contribution in [3.8, 4) is 5.75 Å². The van der Waals surface area contributed by atoms with Crippen LogP contribution in [0, 0.1) is 12.7 Å². The van der Waals surface area contributed by atoms with E-state index in [-0.39, 0.29) is 11.7 Å². The van der Waals surface area contributed by atoms with Crippen LogP contribution < -0.4 is 25.6 Å². The Balaban J connectivity index is 1.29. The number of ether oxygens (including phenoxy) is 1. The maximum atomic E-state index is 13.6. The van der Waals surface area contributed by atoms with E-state index in [1.54, 1.807) is 36.4 Å². The van der Waals surface area contributed by atoms with Crippen molar-refractivity contribution in [1.29, 1.82) is 0 Å². The number of rotatable bonds is 6. The molecule has 1 aliphatic rings. The SMILES string of the molecule is CCOc1ccc(F)cc1NC(=O)Nc1ccc(N2CCN(C(=O)Nc3ncccc3C)CC2)nc1. The molecule has 0 bridgehead atoms. The van der Waals surface area contributed by atoms with Crippen molar-refractivity contribution in [3.63, 3.8) is 0 Å². The highest BCUT2D eigenvalue weighted by Gasteiger charge is 2.22. The predicted molar refractivity (Wildman–Crippen MR) is 136 cm³/mol. The van der Waals surface area contributed by atoms with E-state index in [4.69, 9.17) is 4.74 Å². The fourth-order valence-electron chi connectivity index (χ4n) is 3.75.